The summed E-state index contributed by atoms with van der Waals surface area (Å²) in [5.74, 6) is 1.12. The number of nitrogens with zero attached hydrogens (tertiary/aromatic N) is 4. The standard InChI is InChI=1S/C14H15N5S/c1-9-16-10(8-20-9)7-19(2)13-11-5-3-4-6-12(11)17-14(15)18-13/h3-6,8H,7H2,1-2H3,(H2,15,17,18). The number of aryl methyl sites for hydroxylation is 1. The second kappa shape index (κ2) is 5.05. The predicted molar refractivity (Wildman–Crippen MR) is 82.9 cm³/mol. The predicted octanol–water partition coefficient (Wildman–Crippen LogP) is 2.61. The molecule has 6 heteroatoms. The third-order valence-corrected chi connectivity index (χ3v) is 3.85. The molecule has 1 aromatic carbocycles. The molecule has 0 saturated heterocycles. The van der Waals surface area contributed by atoms with Crippen molar-refractivity contribution in [1.82, 2.24) is 15.0 Å². The summed E-state index contributed by atoms with van der Waals surface area (Å²) in [6, 6.07) is 7.87. The highest BCUT2D eigenvalue weighted by molar-refractivity contribution is 7.09. The molecule has 0 aliphatic heterocycles. The fraction of sp³-hybridized carbons (Fsp3) is 0.214. The molecular weight excluding hydrogens is 270 g/mol. The van der Waals surface area contributed by atoms with Gasteiger partial charge in [-0.05, 0) is 19.1 Å². The van der Waals surface area contributed by atoms with Gasteiger partial charge in [-0.1, -0.05) is 12.1 Å². The van der Waals surface area contributed by atoms with E-state index in [4.69, 9.17) is 5.73 Å². The zero-order chi connectivity index (χ0) is 14.1. The molecule has 0 radical (unpaired) electrons. The van der Waals surface area contributed by atoms with Crippen LogP contribution >= 0.6 is 11.3 Å². The fourth-order valence-electron chi connectivity index (χ4n) is 2.17. The van der Waals surface area contributed by atoms with Gasteiger partial charge in [0.15, 0.2) is 0 Å². The lowest BCUT2D eigenvalue weighted by Crippen LogP contribution is -2.19. The van der Waals surface area contributed by atoms with E-state index in [0.717, 1.165) is 27.4 Å². The Bertz CT molecular complexity index is 752. The van der Waals surface area contributed by atoms with E-state index < -0.39 is 0 Å². The number of hydrogen-bond donors (Lipinski definition) is 1. The minimum absolute atomic E-state index is 0.292. The quantitative estimate of drug-likeness (QED) is 0.801. The van der Waals surface area contributed by atoms with Crippen molar-refractivity contribution < 1.29 is 0 Å². The van der Waals surface area contributed by atoms with Gasteiger partial charge >= 0.3 is 0 Å². The Morgan fingerprint density at radius 2 is 2.00 bits per heavy atom. The van der Waals surface area contributed by atoms with Crippen LogP contribution in [0.15, 0.2) is 29.6 Å². The molecule has 2 aromatic heterocycles. The first-order valence-corrected chi connectivity index (χ1v) is 7.16. The molecule has 0 fully saturated rings. The molecule has 0 amide bonds. The number of thiazole rings is 1. The van der Waals surface area contributed by atoms with Gasteiger partial charge < -0.3 is 10.6 Å². The molecule has 0 atom stereocenters. The Morgan fingerprint density at radius 3 is 2.75 bits per heavy atom. The Hall–Kier alpha value is -2.21. The second-order valence-corrected chi connectivity index (χ2v) is 5.70. The van der Waals surface area contributed by atoms with Crippen molar-refractivity contribution in [2.24, 2.45) is 0 Å². The van der Waals surface area contributed by atoms with Gasteiger partial charge in [-0.25, -0.2) is 9.97 Å². The molecule has 2 N–H and O–H groups in total. The van der Waals surface area contributed by atoms with Crippen LogP contribution in [0.25, 0.3) is 10.9 Å². The van der Waals surface area contributed by atoms with Crippen molar-refractivity contribution in [2.45, 2.75) is 13.5 Å². The van der Waals surface area contributed by atoms with E-state index in [0.29, 0.717) is 12.5 Å². The fourth-order valence-corrected chi connectivity index (χ4v) is 2.77. The number of rotatable bonds is 3. The largest absolute Gasteiger partial charge is 0.368 e. The topological polar surface area (TPSA) is 67.9 Å². The Morgan fingerprint density at radius 1 is 1.20 bits per heavy atom. The van der Waals surface area contributed by atoms with Gasteiger partial charge in [0.2, 0.25) is 5.95 Å². The van der Waals surface area contributed by atoms with Gasteiger partial charge in [0.25, 0.3) is 0 Å². The third kappa shape index (κ3) is 2.42. The van der Waals surface area contributed by atoms with Crippen LogP contribution in [0.4, 0.5) is 11.8 Å². The van der Waals surface area contributed by atoms with Crippen LogP contribution in [-0.4, -0.2) is 22.0 Å². The van der Waals surface area contributed by atoms with Gasteiger partial charge in [0, 0.05) is 17.8 Å². The van der Waals surface area contributed by atoms with Gasteiger partial charge in [0.05, 0.1) is 22.8 Å². The lowest BCUT2D eigenvalue weighted by atomic mass is 10.2. The van der Waals surface area contributed by atoms with Crippen molar-refractivity contribution in [1.29, 1.82) is 0 Å². The van der Waals surface area contributed by atoms with E-state index in [1.807, 2.05) is 38.2 Å². The molecule has 20 heavy (non-hydrogen) atoms. The number of benzene rings is 1. The molecule has 5 nitrogen and oxygen atoms in total. The minimum atomic E-state index is 0.292. The van der Waals surface area contributed by atoms with Crippen molar-refractivity contribution >= 4 is 34.0 Å². The number of nitrogen functional groups attached to an aromatic ring is 1. The minimum Gasteiger partial charge on any atom is -0.368 e. The van der Waals surface area contributed by atoms with Gasteiger partial charge in [-0.3, -0.25) is 0 Å². The van der Waals surface area contributed by atoms with Crippen LogP contribution in [0, 0.1) is 6.92 Å². The molecule has 3 rings (SSSR count). The molecule has 102 valence electrons. The highest BCUT2D eigenvalue weighted by Crippen LogP contribution is 2.24. The zero-order valence-electron chi connectivity index (χ0n) is 11.4. The van der Waals surface area contributed by atoms with Crippen LogP contribution in [0.2, 0.25) is 0 Å². The number of para-hydroxylation sites is 1. The van der Waals surface area contributed by atoms with E-state index in [1.165, 1.54) is 0 Å². The SMILES string of the molecule is Cc1nc(CN(C)c2nc(N)nc3ccccc23)cs1. The molecule has 0 spiro atoms. The summed E-state index contributed by atoms with van der Waals surface area (Å²) in [5, 5.41) is 4.13. The number of hydrogen-bond acceptors (Lipinski definition) is 6. The normalized spacial score (nSPS) is 10.9. The van der Waals surface area contributed by atoms with E-state index in [-0.39, 0.29) is 0 Å². The maximum atomic E-state index is 5.80. The summed E-state index contributed by atoms with van der Waals surface area (Å²) >= 11 is 1.65. The first kappa shape index (κ1) is 12.8. The average Bonchev–Trinajstić information content (AvgIpc) is 2.83. The van der Waals surface area contributed by atoms with Gasteiger partial charge in [-0.2, -0.15) is 4.98 Å². The summed E-state index contributed by atoms with van der Waals surface area (Å²) in [4.78, 5) is 15.2. The molecule has 3 aromatic rings. The summed E-state index contributed by atoms with van der Waals surface area (Å²) in [6.07, 6.45) is 0. The van der Waals surface area contributed by atoms with Crippen molar-refractivity contribution in [3.63, 3.8) is 0 Å². The molecular formula is C14H15N5S. The Kier molecular flexibility index (Phi) is 3.23. The second-order valence-electron chi connectivity index (χ2n) is 4.64. The third-order valence-electron chi connectivity index (χ3n) is 3.03. The molecule has 0 aliphatic rings. The number of nitrogens with two attached hydrogens (primary N) is 1. The Balaban J connectivity index is 2.00. The number of aromatic nitrogens is 3. The summed E-state index contributed by atoms with van der Waals surface area (Å²) < 4.78 is 0. The molecule has 0 saturated carbocycles. The smallest absolute Gasteiger partial charge is 0.222 e. The van der Waals surface area contributed by atoms with Gasteiger partial charge in [0.1, 0.15) is 5.82 Å². The molecule has 0 unspecified atom stereocenters. The monoisotopic (exact) mass is 285 g/mol. The van der Waals surface area contributed by atoms with Crippen LogP contribution in [0.5, 0.6) is 0 Å². The van der Waals surface area contributed by atoms with Crippen LogP contribution in [-0.2, 0) is 6.54 Å². The highest BCUT2D eigenvalue weighted by Gasteiger charge is 2.11. The van der Waals surface area contributed by atoms with E-state index >= 15 is 0 Å². The van der Waals surface area contributed by atoms with Crippen LogP contribution < -0.4 is 10.6 Å². The first-order chi connectivity index (χ1) is 9.63. The number of fused-ring (bicyclic) bond motifs is 1. The first-order valence-electron chi connectivity index (χ1n) is 6.28. The lowest BCUT2D eigenvalue weighted by molar-refractivity contribution is 0.874. The maximum absolute atomic E-state index is 5.80. The Labute approximate surface area is 121 Å². The van der Waals surface area contributed by atoms with Crippen LogP contribution in [0.3, 0.4) is 0 Å². The van der Waals surface area contributed by atoms with Crippen molar-refractivity contribution in [3.8, 4) is 0 Å². The van der Waals surface area contributed by atoms with E-state index in [2.05, 4.69) is 25.2 Å². The van der Waals surface area contributed by atoms with E-state index in [1.54, 1.807) is 11.3 Å². The summed E-state index contributed by atoms with van der Waals surface area (Å²) in [6.45, 7) is 2.71. The summed E-state index contributed by atoms with van der Waals surface area (Å²) in [5.41, 5.74) is 7.69. The maximum Gasteiger partial charge on any atom is 0.222 e. The van der Waals surface area contributed by atoms with Crippen LogP contribution in [0.1, 0.15) is 10.7 Å². The number of anilines is 2. The van der Waals surface area contributed by atoms with E-state index in [9.17, 15) is 0 Å². The average molecular weight is 285 g/mol. The lowest BCUT2D eigenvalue weighted by Gasteiger charge is -2.19. The molecule has 2 heterocycles. The summed E-state index contributed by atoms with van der Waals surface area (Å²) in [7, 11) is 1.99. The zero-order valence-corrected chi connectivity index (χ0v) is 12.2. The van der Waals surface area contributed by atoms with Gasteiger partial charge in [-0.15, -0.1) is 11.3 Å². The molecule has 0 bridgehead atoms. The molecule has 0 aliphatic carbocycles. The van der Waals surface area contributed by atoms with Crippen molar-refractivity contribution in [2.75, 3.05) is 17.7 Å². The highest BCUT2D eigenvalue weighted by atomic mass is 32.1. The van der Waals surface area contributed by atoms with Crippen molar-refractivity contribution in [3.05, 3.63) is 40.3 Å².